The second-order valence-electron chi connectivity index (χ2n) is 4.92. The Hall–Kier alpha value is 0.00688. The van der Waals surface area contributed by atoms with Crippen molar-refractivity contribution in [3.05, 3.63) is 12.2 Å². The molecule has 0 aliphatic heterocycles. The lowest BCUT2D eigenvalue weighted by molar-refractivity contribution is -0.139. The summed E-state index contributed by atoms with van der Waals surface area (Å²) in [6.45, 7) is 5.73. The maximum atomic E-state index is 11.1. The van der Waals surface area contributed by atoms with Crippen molar-refractivity contribution in [1.29, 1.82) is 0 Å². The molecule has 2 nitrogen and oxygen atoms in total. The van der Waals surface area contributed by atoms with E-state index in [1.807, 2.05) is 0 Å². The van der Waals surface area contributed by atoms with E-state index in [0.29, 0.717) is 12.2 Å². The third-order valence-electron chi connectivity index (χ3n) is 2.90. The zero-order valence-corrected chi connectivity index (χ0v) is 14.9. The summed E-state index contributed by atoms with van der Waals surface area (Å²) < 4.78 is 4.96. The zero-order chi connectivity index (χ0) is 14.5. The number of unbranched alkanes of at least 4 members (excludes halogenated alkanes) is 6. The lowest BCUT2D eigenvalue weighted by Gasteiger charge is -2.04. The lowest BCUT2D eigenvalue weighted by Crippen LogP contribution is -2.05. The molecule has 0 heterocycles. The minimum atomic E-state index is -0.277. The summed E-state index contributed by atoms with van der Waals surface area (Å²) in [7, 11) is -0.244. The average Bonchev–Trinajstić information content (AvgIpc) is 2.35. The van der Waals surface area contributed by atoms with Crippen LogP contribution in [0, 0.1) is 0 Å². The van der Waals surface area contributed by atoms with E-state index in [2.05, 4.69) is 6.58 Å². The first kappa shape index (κ1) is 19.0. The average molecular weight is 325 g/mol. The van der Waals surface area contributed by atoms with Crippen LogP contribution < -0.4 is 0 Å². The molecule has 0 amide bonds. The largest absolute Gasteiger partial charge is 0.462 e. The Bertz CT molecular complexity index is 258. The Kier molecular flexibility index (Phi) is 13.0. The topological polar surface area (TPSA) is 26.3 Å². The molecule has 0 aromatic rings. The van der Waals surface area contributed by atoms with Crippen molar-refractivity contribution >= 4 is 38.7 Å². The number of hydrogen-bond donors (Lipinski definition) is 0. The molecule has 0 radical (unpaired) electrons. The summed E-state index contributed by atoms with van der Waals surface area (Å²) >= 11 is 11.4. The van der Waals surface area contributed by atoms with Crippen molar-refractivity contribution in [1.82, 2.24) is 0 Å². The standard InChI is InChI=1S/C14H26Cl2O2Si/c1-12(2)13(17)18-10-8-6-4-3-5-7-9-11-19-14(15)16/h14H,1,3-11,19H2,2H3. The first-order chi connectivity index (χ1) is 9.04. The third kappa shape index (κ3) is 14.2. The molecule has 0 N–H and O–H groups in total. The highest BCUT2D eigenvalue weighted by atomic mass is 35.5. The SMILES string of the molecule is C=C(C)C(=O)OCCCCCCCCC[SiH2]C(Cl)Cl. The van der Waals surface area contributed by atoms with E-state index in [4.69, 9.17) is 27.9 Å². The Morgan fingerprint density at radius 2 is 1.63 bits per heavy atom. The number of halogens is 2. The summed E-state index contributed by atoms with van der Waals surface area (Å²) in [4.78, 5) is 11.1. The van der Waals surface area contributed by atoms with Gasteiger partial charge in [-0.15, -0.1) is 23.2 Å². The van der Waals surface area contributed by atoms with Gasteiger partial charge in [0.05, 0.1) is 20.6 Å². The van der Waals surface area contributed by atoms with Crippen LogP contribution in [-0.4, -0.2) is 26.6 Å². The van der Waals surface area contributed by atoms with Crippen LogP contribution in [-0.2, 0) is 9.53 Å². The fourth-order valence-electron chi connectivity index (χ4n) is 1.75. The number of hydrogen-bond acceptors (Lipinski definition) is 2. The number of rotatable bonds is 12. The molecule has 0 bridgehead atoms. The maximum Gasteiger partial charge on any atom is 0.333 e. The molecule has 0 fully saturated rings. The molecular formula is C14H26Cl2O2Si. The van der Waals surface area contributed by atoms with Gasteiger partial charge in [-0.25, -0.2) is 4.79 Å². The van der Waals surface area contributed by atoms with Crippen molar-refractivity contribution in [3.8, 4) is 0 Å². The normalized spacial score (nSPS) is 11.4. The second-order valence-corrected chi connectivity index (χ2v) is 9.34. The fourth-order valence-corrected chi connectivity index (χ4v) is 3.63. The van der Waals surface area contributed by atoms with Crippen LogP contribution in [0.3, 0.4) is 0 Å². The van der Waals surface area contributed by atoms with Gasteiger partial charge in [-0.05, 0) is 13.3 Å². The van der Waals surface area contributed by atoms with Crippen LogP contribution in [0.5, 0.6) is 0 Å². The molecule has 0 atom stereocenters. The van der Waals surface area contributed by atoms with Crippen LogP contribution in [0.1, 0.15) is 51.9 Å². The Labute approximate surface area is 129 Å². The van der Waals surface area contributed by atoms with E-state index in [0.717, 1.165) is 12.8 Å². The molecule has 0 aromatic heterocycles. The molecule has 0 rings (SSSR count). The van der Waals surface area contributed by atoms with Crippen LogP contribution in [0.4, 0.5) is 0 Å². The predicted octanol–water partition coefficient (Wildman–Crippen LogP) is 4.18. The van der Waals surface area contributed by atoms with Crippen LogP contribution in [0.25, 0.3) is 0 Å². The Balaban J connectivity index is 3.11. The smallest absolute Gasteiger partial charge is 0.333 e. The van der Waals surface area contributed by atoms with Crippen molar-refractivity contribution in [2.75, 3.05) is 6.61 Å². The second kappa shape index (κ2) is 13.0. The third-order valence-corrected chi connectivity index (χ3v) is 5.55. The number of alkyl halides is 2. The van der Waals surface area contributed by atoms with Gasteiger partial charge in [-0.2, -0.15) is 0 Å². The first-order valence-corrected chi connectivity index (χ1v) is 9.83. The van der Waals surface area contributed by atoms with E-state index in [9.17, 15) is 4.79 Å². The van der Waals surface area contributed by atoms with E-state index in [1.54, 1.807) is 6.92 Å². The molecule has 0 spiro atoms. The molecular weight excluding hydrogens is 299 g/mol. The van der Waals surface area contributed by atoms with Gasteiger partial charge < -0.3 is 4.74 Å². The first-order valence-electron chi connectivity index (χ1n) is 7.15. The molecule has 0 saturated carbocycles. The molecule has 0 aliphatic carbocycles. The van der Waals surface area contributed by atoms with Gasteiger partial charge >= 0.3 is 5.97 Å². The van der Waals surface area contributed by atoms with Gasteiger partial charge in [0, 0.05) is 5.57 Å². The minimum absolute atomic E-state index is 0.0677. The van der Waals surface area contributed by atoms with E-state index in [1.165, 1.54) is 38.1 Å². The fraction of sp³-hybridized carbons (Fsp3) is 0.786. The van der Waals surface area contributed by atoms with E-state index >= 15 is 0 Å². The summed E-state index contributed by atoms with van der Waals surface area (Å²) in [6.07, 6.45) is 8.42. The number of ether oxygens (including phenoxy) is 1. The summed E-state index contributed by atoms with van der Waals surface area (Å²) in [5, 5.41) is 0. The number of carbonyl (C=O) groups excluding carboxylic acids is 1. The number of esters is 1. The van der Waals surface area contributed by atoms with E-state index < -0.39 is 0 Å². The molecule has 0 unspecified atom stereocenters. The van der Waals surface area contributed by atoms with Crippen molar-refractivity contribution < 1.29 is 9.53 Å². The van der Waals surface area contributed by atoms with E-state index in [-0.39, 0.29) is 19.9 Å². The monoisotopic (exact) mass is 324 g/mol. The summed E-state index contributed by atoms with van der Waals surface area (Å²) in [5.41, 5.74) is 0.472. The molecule has 112 valence electrons. The van der Waals surface area contributed by atoms with Gasteiger partial charge in [-0.1, -0.05) is 51.1 Å². The van der Waals surface area contributed by atoms with Gasteiger partial charge in [0.15, 0.2) is 0 Å². The van der Waals surface area contributed by atoms with Crippen LogP contribution in [0.15, 0.2) is 12.2 Å². The predicted molar refractivity (Wildman–Crippen MR) is 86.9 cm³/mol. The van der Waals surface area contributed by atoms with Crippen molar-refractivity contribution in [2.45, 2.75) is 62.4 Å². The van der Waals surface area contributed by atoms with Crippen LogP contribution >= 0.6 is 23.2 Å². The molecule has 19 heavy (non-hydrogen) atoms. The quantitative estimate of drug-likeness (QED) is 0.177. The highest BCUT2D eigenvalue weighted by Crippen LogP contribution is 2.10. The van der Waals surface area contributed by atoms with Crippen LogP contribution in [0.2, 0.25) is 6.04 Å². The summed E-state index contributed by atoms with van der Waals surface area (Å²) in [5.74, 6) is -0.277. The molecule has 0 saturated heterocycles. The Morgan fingerprint density at radius 3 is 2.16 bits per heavy atom. The van der Waals surface area contributed by atoms with Gasteiger partial charge in [0.1, 0.15) is 0 Å². The summed E-state index contributed by atoms with van der Waals surface area (Å²) in [6, 6.07) is 1.26. The molecule has 5 heteroatoms. The van der Waals surface area contributed by atoms with Gasteiger partial charge in [-0.3, -0.25) is 0 Å². The van der Waals surface area contributed by atoms with Crippen molar-refractivity contribution in [2.24, 2.45) is 0 Å². The number of carbonyl (C=O) groups is 1. The highest BCUT2D eigenvalue weighted by molar-refractivity contribution is 6.68. The molecule has 0 aromatic carbocycles. The van der Waals surface area contributed by atoms with Gasteiger partial charge in [0.25, 0.3) is 0 Å². The Morgan fingerprint density at radius 1 is 1.11 bits per heavy atom. The van der Waals surface area contributed by atoms with Crippen molar-refractivity contribution in [3.63, 3.8) is 0 Å². The molecule has 0 aliphatic rings. The lowest BCUT2D eigenvalue weighted by atomic mass is 10.1. The maximum absolute atomic E-state index is 11.1. The zero-order valence-electron chi connectivity index (χ0n) is 11.9. The highest BCUT2D eigenvalue weighted by Gasteiger charge is 2.02. The van der Waals surface area contributed by atoms with Gasteiger partial charge in [0.2, 0.25) is 0 Å². The minimum Gasteiger partial charge on any atom is -0.462 e.